The molecular weight excluding hydrogens is 356 g/mol. The van der Waals surface area contributed by atoms with Gasteiger partial charge in [0, 0.05) is 22.7 Å². The third-order valence-corrected chi connectivity index (χ3v) is 4.59. The quantitative estimate of drug-likeness (QED) is 0.482. The van der Waals surface area contributed by atoms with E-state index in [1.54, 1.807) is 18.4 Å². The molecule has 0 N–H and O–H groups in total. The van der Waals surface area contributed by atoms with Crippen molar-refractivity contribution < 1.29 is 19.1 Å². The van der Waals surface area contributed by atoms with E-state index in [2.05, 4.69) is 0 Å². The predicted molar refractivity (Wildman–Crippen MR) is 107 cm³/mol. The van der Waals surface area contributed by atoms with Crippen molar-refractivity contribution in [2.75, 3.05) is 13.2 Å². The number of rotatable bonds is 4. The predicted octanol–water partition coefficient (Wildman–Crippen LogP) is 4.77. The Labute approximate surface area is 161 Å². The lowest BCUT2D eigenvalue weighted by Gasteiger charge is -2.11. The zero-order valence-corrected chi connectivity index (χ0v) is 15.7. The van der Waals surface area contributed by atoms with Crippen molar-refractivity contribution in [2.45, 2.75) is 13.8 Å². The standard InChI is InChI=1S/C22H20N2O4/c1-3-27-21(25)20-19-17(14-23(20)15-10-6-5-7-11-15)16-12-8-9-13-18(16)24(19)22(26)28-4-2/h5-14H,3-4H2,1-2H3. The summed E-state index contributed by atoms with van der Waals surface area (Å²) in [6.07, 6.45) is 1.35. The summed E-state index contributed by atoms with van der Waals surface area (Å²) in [4.78, 5) is 25.7. The molecule has 28 heavy (non-hydrogen) atoms. The summed E-state index contributed by atoms with van der Waals surface area (Å²) in [5.74, 6) is -0.491. The van der Waals surface area contributed by atoms with E-state index in [-0.39, 0.29) is 13.2 Å². The van der Waals surface area contributed by atoms with Crippen LogP contribution in [0.4, 0.5) is 4.79 Å². The number of benzene rings is 2. The molecule has 0 bridgehead atoms. The van der Waals surface area contributed by atoms with Gasteiger partial charge in [-0.3, -0.25) is 0 Å². The molecule has 0 fully saturated rings. The molecule has 4 rings (SSSR count). The lowest BCUT2D eigenvalue weighted by atomic mass is 10.2. The molecule has 0 aliphatic carbocycles. The molecule has 4 aromatic rings. The largest absolute Gasteiger partial charge is 0.461 e. The molecule has 0 unspecified atom stereocenters. The highest BCUT2D eigenvalue weighted by Crippen LogP contribution is 2.34. The van der Waals surface area contributed by atoms with Gasteiger partial charge >= 0.3 is 12.1 Å². The average Bonchev–Trinajstić information content (AvgIpc) is 3.24. The first-order chi connectivity index (χ1) is 13.7. The minimum absolute atomic E-state index is 0.236. The van der Waals surface area contributed by atoms with E-state index in [0.29, 0.717) is 16.7 Å². The highest BCUT2D eigenvalue weighted by atomic mass is 16.5. The smallest absolute Gasteiger partial charge is 0.419 e. The van der Waals surface area contributed by atoms with Crippen LogP contribution in [-0.4, -0.2) is 34.4 Å². The summed E-state index contributed by atoms with van der Waals surface area (Å²) >= 11 is 0. The molecule has 2 aromatic heterocycles. The average molecular weight is 376 g/mol. The second kappa shape index (κ2) is 7.23. The van der Waals surface area contributed by atoms with Crippen molar-refractivity contribution in [1.29, 1.82) is 0 Å². The molecule has 0 radical (unpaired) electrons. The summed E-state index contributed by atoms with van der Waals surface area (Å²) in [6, 6.07) is 17.0. The van der Waals surface area contributed by atoms with Crippen LogP contribution in [0.3, 0.4) is 0 Å². The maximum Gasteiger partial charge on any atom is 0.419 e. The topological polar surface area (TPSA) is 62.5 Å². The minimum Gasteiger partial charge on any atom is -0.461 e. The van der Waals surface area contributed by atoms with Crippen molar-refractivity contribution in [3.63, 3.8) is 0 Å². The lowest BCUT2D eigenvalue weighted by Crippen LogP contribution is -2.17. The van der Waals surface area contributed by atoms with Crippen LogP contribution in [0, 0.1) is 0 Å². The first-order valence-electron chi connectivity index (χ1n) is 9.21. The molecule has 0 saturated heterocycles. The fourth-order valence-electron chi connectivity index (χ4n) is 3.50. The molecule has 2 aromatic carbocycles. The van der Waals surface area contributed by atoms with Gasteiger partial charge in [-0.2, -0.15) is 0 Å². The summed E-state index contributed by atoms with van der Waals surface area (Å²) in [5.41, 5.74) is 2.28. The van der Waals surface area contributed by atoms with Crippen molar-refractivity contribution in [2.24, 2.45) is 0 Å². The van der Waals surface area contributed by atoms with Crippen LogP contribution < -0.4 is 0 Å². The van der Waals surface area contributed by atoms with Gasteiger partial charge in [-0.25, -0.2) is 14.2 Å². The Kier molecular flexibility index (Phi) is 4.61. The van der Waals surface area contributed by atoms with E-state index >= 15 is 0 Å². The number of nitrogens with zero attached hydrogens (tertiary/aromatic N) is 2. The van der Waals surface area contributed by atoms with E-state index < -0.39 is 12.1 Å². The van der Waals surface area contributed by atoms with Crippen molar-refractivity contribution >= 4 is 33.9 Å². The summed E-state index contributed by atoms with van der Waals surface area (Å²) in [5, 5.41) is 1.65. The van der Waals surface area contributed by atoms with E-state index in [9.17, 15) is 9.59 Å². The van der Waals surface area contributed by atoms with Gasteiger partial charge in [0.15, 0.2) is 5.69 Å². The molecule has 0 aliphatic rings. The summed E-state index contributed by atoms with van der Waals surface area (Å²) in [7, 11) is 0. The summed E-state index contributed by atoms with van der Waals surface area (Å²) in [6.45, 7) is 3.98. The van der Waals surface area contributed by atoms with Gasteiger partial charge in [0.2, 0.25) is 0 Å². The van der Waals surface area contributed by atoms with Gasteiger partial charge in [0.1, 0.15) is 0 Å². The third-order valence-electron chi connectivity index (χ3n) is 4.59. The number of hydrogen-bond acceptors (Lipinski definition) is 4. The molecular formula is C22H20N2O4. The van der Waals surface area contributed by atoms with Crippen LogP contribution in [0.2, 0.25) is 0 Å². The Morgan fingerprint density at radius 3 is 2.25 bits per heavy atom. The van der Waals surface area contributed by atoms with E-state index in [0.717, 1.165) is 16.5 Å². The van der Waals surface area contributed by atoms with E-state index in [4.69, 9.17) is 9.47 Å². The first-order valence-corrected chi connectivity index (χ1v) is 9.21. The Morgan fingerprint density at radius 2 is 1.54 bits per heavy atom. The Hall–Kier alpha value is -3.54. The number of esters is 1. The number of carbonyl (C=O) groups is 2. The van der Waals surface area contributed by atoms with E-state index in [1.165, 1.54) is 4.57 Å². The second-order valence-electron chi connectivity index (χ2n) is 6.22. The maximum absolute atomic E-state index is 12.9. The second-order valence-corrected chi connectivity index (χ2v) is 6.22. The van der Waals surface area contributed by atoms with Crippen molar-refractivity contribution in [3.05, 3.63) is 66.5 Å². The third kappa shape index (κ3) is 2.74. The zero-order chi connectivity index (χ0) is 19.7. The molecule has 0 atom stereocenters. The highest BCUT2D eigenvalue weighted by molar-refractivity contribution is 6.18. The molecule has 6 heteroatoms. The van der Waals surface area contributed by atoms with Crippen molar-refractivity contribution in [3.8, 4) is 5.69 Å². The van der Waals surface area contributed by atoms with Gasteiger partial charge in [0.25, 0.3) is 0 Å². The van der Waals surface area contributed by atoms with Gasteiger partial charge in [-0.1, -0.05) is 36.4 Å². The van der Waals surface area contributed by atoms with E-state index in [1.807, 2.05) is 60.8 Å². The molecule has 0 saturated carbocycles. The van der Waals surface area contributed by atoms with Crippen LogP contribution >= 0.6 is 0 Å². The molecule has 6 nitrogen and oxygen atoms in total. The summed E-state index contributed by atoms with van der Waals surface area (Å²) < 4.78 is 13.8. The van der Waals surface area contributed by atoms with Crippen LogP contribution in [-0.2, 0) is 9.47 Å². The molecule has 0 aliphatic heterocycles. The van der Waals surface area contributed by atoms with Gasteiger partial charge in [-0.05, 0) is 32.0 Å². The minimum atomic E-state index is -0.523. The Morgan fingerprint density at radius 1 is 0.857 bits per heavy atom. The first kappa shape index (κ1) is 17.9. The molecule has 0 amide bonds. The monoisotopic (exact) mass is 376 g/mol. The fraction of sp³-hybridized carbons (Fsp3) is 0.182. The number of carbonyl (C=O) groups excluding carboxylic acids is 2. The molecule has 2 heterocycles. The molecule has 0 spiro atoms. The van der Waals surface area contributed by atoms with Gasteiger partial charge in [-0.15, -0.1) is 0 Å². The SMILES string of the molecule is CCOC(=O)c1c2c(cn1-c1ccccc1)c1ccccc1n2C(=O)OCC. The number of aromatic nitrogens is 2. The highest BCUT2D eigenvalue weighted by Gasteiger charge is 2.27. The Bertz CT molecular complexity index is 1170. The lowest BCUT2D eigenvalue weighted by molar-refractivity contribution is 0.0519. The normalized spacial score (nSPS) is 11.1. The van der Waals surface area contributed by atoms with Crippen LogP contribution in [0.15, 0.2) is 60.8 Å². The zero-order valence-electron chi connectivity index (χ0n) is 15.7. The fourth-order valence-corrected chi connectivity index (χ4v) is 3.50. The van der Waals surface area contributed by atoms with Crippen LogP contribution in [0.5, 0.6) is 0 Å². The number of para-hydroxylation sites is 2. The number of fused-ring (bicyclic) bond motifs is 3. The van der Waals surface area contributed by atoms with Gasteiger partial charge < -0.3 is 14.0 Å². The number of hydrogen-bond donors (Lipinski definition) is 0. The van der Waals surface area contributed by atoms with Crippen molar-refractivity contribution in [1.82, 2.24) is 9.13 Å². The van der Waals surface area contributed by atoms with Crippen LogP contribution in [0.1, 0.15) is 24.3 Å². The molecule has 142 valence electrons. The number of ether oxygens (including phenoxy) is 2. The van der Waals surface area contributed by atoms with Crippen LogP contribution in [0.25, 0.3) is 27.5 Å². The maximum atomic E-state index is 12.9. The van der Waals surface area contributed by atoms with Gasteiger partial charge in [0.05, 0.1) is 24.2 Å². The Balaban J connectivity index is 2.13.